The van der Waals surface area contributed by atoms with Gasteiger partial charge in [0, 0.05) is 10.6 Å². The molecule has 1 radical (unpaired) electrons. The van der Waals surface area contributed by atoms with Crippen molar-refractivity contribution in [2.24, 2.45) is 0 Å². The summed E-state index contributed by atoms with van der Waals surface area (Å²) in [5, 5.41) is 0. The van der Waals surface area contributed by atoms with E-state index in [9.17, 15) is 0 Å². The van der Waals surface area contributed by atoms with Gasteiger partial charge in [-0.3, -0.25) is 0 Å². The number of hydrogen-bond acceptors (Lipinski definition) is 0. The number of hydrogen-bond donors (Lipinski definition) is 0. The molecular formula is C6H12BrS. The van der Waals surface area contributed by atoms with Gasteiger partial charge < -0.3 is 0 Å². The lowest BCUT2D eigenvalue weighted by molar-refractivity contribution is 0.725. The predicted octanol–water partition coefficient (Wildman–Crippen LogP) is 3.14. The molecule has 0 fully saturated rings. The molecule has 0 aliphatic carbocycles. The van der Waals surface area contributed by atoms with E-state index in [2.05, 4.69) is 22.9 Å². The average molecular weight is 196 g/mol. The maximum Gasteiger partial charge on any atom is 0.0117 e. The molecule has 0 aromatic heterocycles. The first kappa shape index (κ1) is 8.83. The lowest BCUT2D eigenvalue weighted by Crippen LogP contribution is -1.88. The Labute approximate surface area is 65.6 Å². The summed E-state index contributed by atoms with van der Waals surface area (Å²) >= 11 is 8.26. The van der Waals surface area contributed by atoms with E-state index in [4.69, 9.17) is 12.6 Å². The molecule has 0 aliphatic heterocycles. The topological polar surface area (TPSA) is 0 Å². The van der Waals surface area contributed by atoms with Gasteiger partial charge in [-0.25, -0.2) is 0 Å². The van der Waals surface area contributed by atoms with Crippen LogP contribution in [-0.2, 0) is 0 Å². The lowest BCUT2D eigenvalue weighted by atomic mass is 10.2. The van der Waals surface area contributed by atoms with Gasteiger partial charge in [0.25, 0.3) is 0 Å². The first-order valence-electron chi connectivity index (χ1n) is 2.99. The minimum Gasteiger partial charge on any atom is -0.0942 e. The van der Waals surface area contributed by atoms with Gasteiger partial charge in [0.1, 0.15) is 0 Å². The highest BCUT2D eigenvalue weighted by molar-refractivity contribution is 9.09. The summed E-state index contributed by atoms with van der Waals surface area (Å²) in [5.74, 6) is 0.916. The van der Waals surface area contributed by atoms with Gasteiger partial charge in [-0.1, -0.05) is 41.9 Å². The van der Waals surface area contributed by atoms with E-state index < -0.39 is 0 Å². The number of halogens is 1. The first-order valence-corrected chi connectivity index (χ1v) is 4.49. The van der Waals surface area contributed by atoms with Gasteiger partial charge in [0.15, 0.2) is 0 Å². The molecule has 1 unspecified atom stereocenters. The summed E-state index contributed by atoms with van der Waals surface area (Å²) in [7, 11) is 0. The zero-order valence-corrected chi connectivity index (χ0v) is 7.59. The average Bonchev–Trinajstić information content (AvgIpc) is 1.66. The van der Waals surface area contributed by atoms with Crippen LogP contribution in [0.2, 0.25) is 0 Å². The van der Waals surface area contributed by atoms with Gasteiger partial charge in [-0.05, 0) is 12.8 Å². The van der Waals surface area contributed by atoms with Crippen molar-refractivity contribution in [1.82, 2.24) is 0 Å². The Bertz CT molecular complexity index is 45.8. The molecule has 0 nitrogen and oxygen atoms in total. The van der Waals surface area contributed by atoms with E-state index in [0.717, 1.165) is 5.75 Å². The SMILES string of the molecule is CC(Br)CCCC[S]. The predicted molar refractivity (Wildman–Crippen MR) is 44.7 cm³/mol. The third-order valence-electron chi connectivity index (χ3n) is 0.996. The largest absolute Gasteiger partial charge is 0.0942 e. The van der Waals surface area contributed by atoms with Crippen molar-refractivity contribution in [3.05, 3.63) is 0 Å². The molecule has 0 saturated heterocycles. The molecule has 8 heavy (non-hydrogen) atoms. The fraction of sp³-hybridized carbons (Fsp3) is 1.00. The van der Waals surface area contributed by atoms with Crippen molar-refractivity contribution in [2.75, 3.05) is 5.75 Å². The van der Waals surface area contributed by atoms with E-state index in [1.807, 2.05) is 0 Å². The van der Waals surface area contributed by atoms with E-state index in [1.54, 1.807) is 0 Å². The van der Waals surface area contributed by atoms with Crippen molar-refractivity contribution in [2.45, 2.75) is 31.0 Å². The summed E-state index contributed by atoms with van der Waals surface area (Å²) in [4.78, 5) is 0.670. The number of rotatable bonds is 4. The summed E-state index contributed by atoms with van der Waals surface area (Å²) in [6, 6.07) is 0. The van der Waals surface area contributed by atoms with Crippen LogP contribution in [0.4, 0.5) is 0 Å². The van der Waals surface area contributed by atoms with E-state index in [-0.39, 0.29) is 0 Å². The Morgan fingerprint density at radius 1 is 1.50 bits per heavy atom. The van der Waals surface area contributed by atoms with Crippen LogP contribution in [0.15, 0.2) is 0 Å². The molecule has 0 heterocycles. The van der Waals surface area contributed by atoms with Crippen LogP contribution >= 0.6 is 28.6 Å². The molecule has 0 amide bonds. The molecule has 1 atom stereocenters. The highest BCUT2D eigenvalue weighted by Crippen LogP contribution is 2.08. The molecule has 0 saturated carbocycles. The van der Waals surface area contributed by atoms with E-state index >= 15 is 0 Å². The normalized spacial score (nSPS) is 13.9. The van der Waals surface area contributed by atoms with Crippen molar-refractivity contribution >= 4 is 28.6 Å². The Morgan fingerprint density at radius 2 is 2.12 bits per heavy atom. The second kappa shape index (κ2) is 5.96. The van der Waals surface area contributed by atoms with Gasteiger partial charge >= 0.3 is 0 Å². The Kier molecular flexibility index (Phi) is 6.58. The fourth-order valence-electron chi connectivity index (χ4n) is 0.528. The molecule has 0 spiro atoms. The maximum absolute atomic E-state index is 4.79. The number of unbranched alkanes of at least 4 members (excludes halogenated alkanes) is 1. The second-order valence-corrected chi connectivity index (χ2v) is 3.95. The Balaban J connectivity index is 2.72. The molecule has 0 bridgehead atoms. The Hall–Kier alpha value is 0.830. The minimum atomic E-state index is 0.670. The highest BCUT2D eigenvalue weighted by Gasteiger charge is 1.92. The summed E-state index contributed by atoms with van der Waals surface area (Å²) in [6.45, 7) is 2.17. The van der Waals surface area contributed by atoms with Crippen LogP contribution in [0, 0.1) is 0 Å². The first-order chi connectivity index (χ1) is 3.77. The van der Waals surface area contributed by atoms with Crippen LogP contribution in [0.5, 0.6) is 0 Å². The molecule has 0 aromatic rings. The molecule has 0 aromatic carbocycles. The van der Waals surface area contributed by atoms with Gasteiger partial charge in [0.2, 0.25) is 0 Å². The quantitative estimate of drug-likeness (QED) is 0.478. The van der Waals surface area contributed by atoms with E-state index in [1.165, 1.54) is 19.3 Å². The number of alkyl halides is 1. The minimum absolute atomic E-state index is 0.670. The molecule has 0 rings (SSSR count). The van der Waals surface area contributed by atoms with Crippen LogP contribution in [-0.4, -0.2) is 10.6 Å². The Morgan fingerprint density at radius 3 is 2.50 bits per heavy atom. The summed E-state index contributed by atoms with van der Waals surface area (Å²) in [5.41, 5.74) is 0. The monoisotopic (exact) mass is 195 g/mol. The molecule has 0 N–H and O–H groups in total. The zero-order valence-electron chi connectivity index (χ0n) is 5.19. The van der Waals surface area contributed by atoms with Crippen molar-refractivity contribution < 1.29 is 0 Å². The molecular weight excluding hydrogens is 184 g/mol. The summed E-state index contributed by atoms with van der Waals surface area (Å²) < 4.78 is 0. The van der Waals surface area contributed by atoms with Gasteiger partial charge in [0.05, 0.1) is 0 Å². The lowest BCUT2D eigenvalue weighted by Gasteiger charge is -1.98. The fourth-order valence-corrected chi connectivity index (χ4v) is 1.06. The van der Waals surface area contributed by atoms with Crippen molar-refractivity contribution in [3.8, 4) is 0 Å². The molecule has 0 aliphatic rings. The third kappa shape index (κ3) is 6.83. The summed E-state index contributed by atoms with van der Waals surface area (Å²) in [6.07, 6.45) is 3.73. The van der Waals surface area contributed by atoms with Crippen molar-refractivity contribution in [1.29, 1.82) is 0 Å². The van der Waals surface area contributed by atoms with Crippen LogP contribution in [0.25, 0.3) is 0 Å². The molecule has 2 heteroatoms. The zero-order chi connectivity index (χ0) is 6.41. The smallest absolute Gasteiger partial charge is 0.0117 e. The van der Waals surface area contributed by atoms with Gasteiger partial charge in [-0.15, -0.1) is 0 Å². The van der Waals surface area contributed by atoms with E-state index in [0.29, 0.717) is 4.83 Å². The second-order valence-electron chi connectivity index (χ2n) is 1.98. The van der Waals surface area contributed by atoms with Crippen LogP contribution in [0.3, 0.4) is 0 Å². The van der Waals surface area contributed by atoms with Crippen LogP contribution in [0.1, 0.15) is 26.2 Å². The molecule has 49 valence electrons. The third-order valence-corrected chi connectivity index (χ3v) is 1.74. The van der Waals surface area contributed by atoms with Gasteiger partial charge in [-0.2, -0.15) is 0 Å². The van der Waals surface area contributed by atoms with Crippen LogP contribution < -0.4 is 0 Å². The maximum atomic E-state index is 4.79. The van der Waals surface area contributed by atoms with Crippen molar-refractivity contribution in [3.63, 3.8) is 0 Å². The highest BCUT2D eigenvalue weighted by atomic mass is 79.9. The standard InChI is InChI=1S/C6H12BrS/c1-6(7)4-2-3-5-8/h6H,2-5H2,1H3.